The molecule has 2 saturated heterocycles. The Balaban J connectivity index is 1.40. The number of rotatable bonds is 3. The van der Waals surface area contributed by atoms with Crippen LogP contribution in [0.2, 0.25) is 5.02 Å². The first kappa shape index (κ1) is 15.8. The van der Waals surface area contributed by atoms with Gasteiger partial charge in [-0.15, -0.1) is 11.3 Å². The highest BCUT2D eigenvalue weighted by atomic mass is 35.5. The Hall–Kier alpha value is -0.680. The zero-order valence-electron chi connectivity index (χ0n) is 13.6. The molecule has 2 aliphatic heterocycles. The van der Waals surface area contributed by atoms with Gasteiger partial charge in [0.2, 0.25) is 0 Å². The molecule has 1 aromatic carbocycles. The van der Waals surface area contributed by atoms with Crippen molar-refractivity contribution in [1.82, 2.24) is 15.2 Å². The molecule has 0 aliphatic carbocycles. The van der Waals surface area contributed by atoms with E-state index in [2.05, 4.69) is 23.2 Å². The van der Waals surface area contributed by atoms with E-state index >= 15 is 0 Å². The molecule has 23 heavy (non-hydrogen) atoms. The van der Waals surface area contributed by atoms with Crippen molar-refractivity contribution in [3.63, 3.8) is 0 Å². The average Bonchev–Trinajstić information content (AvgIpc) is 3.14. The van der Waals surface area contributed by atoms with Crippen LogP contribution in [0.3, 0.4) is 0 Å². The van der Waals surface area contributed by atoms with E-state index in [-0.39, 0.29) is 0 Å². The average molecular weight is 350 g/mol. The minimum absolute atomic E-state index is 0.472. The van der Waals surface area contributed by atoms with Crippen molar-refractivity contribution in [1.29, 1.82) is 0 Å². The largest absolute Gasteiger partial charge is 0.316 e. The third-order valence-electron chi connectivity index (χ3n) is 5.37. The molecular formula is C18H24ClN3S. The van der Waals surface area contributed by atoms with E-state index in [1.807, 2.05) is 23.5 Å². The molecule has 1 atom stereocenters. The Labute approximate surface area is 147 Å². The summed E-state index contributed by atoms with van der Waals surface area (Å²) in [6, 6.07) is 6.05. The first-order valence-electron chi connectivity index (χ1n) is 8.60. The Kier molecular flexibility index (Phi) is 4.35. The standard InChI is InChI=1S/C18H24ClN3S/c1-18(6-7-20-11-18)12-22-8-4-13(5-9-22)17-21-15-10-14(19)2-3-16(15)23-17/h2-3,10,13,20H,4-9,11-12H2,1H3. The molecule has 0 spiro atoms. The molecule has 4 rings (SSSR count). The number of nitrogens with zero attached hydrogens (tertiary/aromatic N) is 2. The number of nitrogens with one attached hydrogen (secondary N) is 1. The predicted molar refractivity (Wildman–Crippen MR) is 98.6 cm³/mol. The summed E-state index contributed by atoms with van der Waals surface area (Å²) in [5.74, 6) is 0.622. The molecule has 1 aromatic heterocycles. The summed E-state index contributed by atoms with van der Waals surface area (Å²) < 4.78 is 1.26. The van der Waals surface area contributed by atoms with Gasteiger partial charge in [-0.25, -0.2) is 4.98 Å². The molecule has 2 aromatic rings. The van der Waals surface area contributed by atoms with Gasteiger partial charge in [0.25, 0.3) is 0 Å². The number of halogens is 1. The van der Waals surface area contributed by atoms with Gasteiger partial charge < -0.3 is 10.2 Å². The van der Waals surface area contributed by atoms with Crippen LogP contribution >= 0.6 is 22.9 Å². The molecule has 3 nitrogen and oxygen atoms in total. The Morgan fingerprint density at radius 2 is 2.22 bits per heavy atom. The Morgan fingerprint density at radius 1 is 1.39 bits per heavy atom. The van der Waals surface area contributed by atoms with Gasteiger partial charge in [0.15, 0.2) is 0 Å². The molecule has 2 fully saturated rings. The summed E-state index contributed by atoms with van der Waals surface area (Å²) in [7, 11) is 0. The van der Waals surface area contributed by atoms with E-state index < -0.39 is 0 Å². The second-order valence-corrected chi connectivity index (χ2v) is 8.95. The lowest BCUT2D eigenvalue weighted by molar-refractivity contribution is 0.144. The summed E-state index contributed by atoms with van der Waals surface area (Å²) in [6.07, 6.45) is 3.78. The monoisotopic (exact) mass is 349 g/mol. The van der Waals surface area contributed by atoms with Crippen molar-refractivity contribution in [2.45, 2.75) is 32.1 Å². The molecule has 5 heteroatoms. The van der Waals surface area contributed by atoms with Gasteiger partial charge >= 0.3 is 0 Å². The molecule has 0 amide bonds. The van der Waals surface area contributed by atoms with E-state index in [9.17, 15) is 0 Å². The van der Waals surface area contributed by atoms with Gasteiger partial charge in [-0.05, 0) is 62.5 Å². The van der Waals surface area contributed by atoms with Crippen LogP contribution in [0.5, 0.6) is 0 Å². The van der Waals surface area contributed by atoms with E-state index in [1.165, 1.54) is 61.7 Å². The summed E-state index contributed by atoms with van der Waals surface area (Å²) in [6.45, 7) is 8.43. The van der Waals surface area contributed by atoms with Gasteiger partial charge in [-0.2, -0.15) is 0 Å². The highest BCUT2D eigenvalue weighted by Gasteiger charge is 2.32. The zero-order chi connectivity index (χ0) is 15.9. The van der Waals surface area contributed by atoms with E-state index in [4.69, 9.17) is 16.6 Å². The van der Waals surface area contributed by atoms with E-state index in [0.29, 0.717) is 11.3 Å². The lowest BCUT2D eigenvalue weighted by Crippen LogP contribution is -2.41. The van der Waals surface area contributed by atoms with E-state index in [0.717, 1.165) is 10.5 Å². The van der Waals surface area contributed by atoms with Crippen LogP contribution in [0.4, 0.5) is 0 Å². The third kappa shape index (κ3) is 3.41. The van der Waals surface area contributed by atoms with Crippen LogP contribution in [0.15, 0.2) is 18.2 Å². The minimum Gasteiger partial charge on any atom is -0.316 e. The number of hydrogen-bond donors (Lipinski definition) is 1. The van der Waals surface area contributed by atoms with Crippen LogP contribution in [0, 0.1) is 5.41 Å². The van der Waals surface area contributed by atoms with Gasteiger partial charge in [0.1, 0.15) is 0 Å². The molecule has 3 heterocycles. The van der Waals surface area contributed by atoms with Gasteiger partial charge in [-0.1, -0.05) is 18.5 Å². The maximum Gasteiger partial charge on any atom is 0.0970 e. The number of hydrogen-bond acceptors (Lipinski definition) is 4. The maximum absolute atomic E-state index is 6.08. The fraction of sp³-hybridized carbons (Fsp3) is 0.611. The second kappa shape index (κ2) is 6.32. The van der Waals surface area contributed by atoms with Crippen molar-refractivity contribution >= 4 is 33.2 Å². The minimum atomic E-state index is 0.472. The van der Waals surface area contributed by atoms with E-state index in [1.54, 1.807) is 0 Å². The summed E-state index contributed by atoms with van der Waals surface area (Å²) in [5, 5.41) is 5.59. The van der Waals surface area contributed by atoms with Crippen LogP contribution in [0.1, 0.15) is 37.1 Å². The highest BCUT2D eigenvalue weighted by Crippen LogP contribution is 2.36. The predicted octanol–water partition coefficient (Wildman–Crippen LogP) is 4.13. The number of piperidine rings is 1. The fourth-order valence-corrected chi connectivity index (χ4v) is 5.26. The van der Waals surface area contributed by atoms with Crippen molar-refractivity contribution in [2.24, 2.45) is 5.41 Å². The Bertz CT molecular complexity index is 685. The highest BCUT2D eigenvalue weighted by molar-refractivity contribution is 7.18. The van der Waals surface area contributed by atoms with Crippen molar-refractivity contribution in [3.05, 3.63) is 28.2 Å². The maximum atomic E-state index is 6.08. The second-order valence-electron chi connectivity index (χ2n) is 7.45. The van der Waals surface area contributed by atoms with Crippen molar-refractivity contribution in [2.75, 3.05) is 32.7 Å². The lowest BCUT2D eigenvalue weighted by Gasteiger charge is -2.36. The molecule has 1 N–H and O–H groups in total. The molecule has 2 aliphatic rings. The number of thiazole rings is 1. The number of likely N-dealkylation sites (tertiary alicyclic amines) is 1. The van der Waals surface area contributed by atoms with Gasteiger partial charge in [0, 0.05) is 24.0 Å². The molecule has 1 unspecified atom stereocenters. The number of benzene rings is 1. The van der Waals surface area contributed by atoms with Crippen LogP contribution in [0.25, 0.3) is 10.2 Å². The topological polar surface area (TPSA) is 28.2 Å². The van der Waals surface area contributed by atoms with Gasteiger partial charge in [-0.3, -0.25) is 0 Å². The lowest BCUT2D eigenvalue weighted by atomic mass is 9.87. The molecule has 0 radical (unpaired) electrons. The molecular weight excluding hydrogens is 326 g/mol. The van der Waals surface area contributed by atoms with Gasteiger partial charge in [0.05, 0.1) is 15.2 Å². The van der Waals surface area contributed by atoms with Crippen molar-refractivity contribution in [3.8, 4) is 0 Å². The molecule has 0 bridgehead atoms. The molecule has 124 valence electrons. The normalized spacial score (nSPS) is 27.0. The number of fused-ring (bicyclic) bond motifs is 1. The summed E-state index contributed by atoms with van der Waals surface area (Å²) in [5.41, 5.74) is 1.53. The first-order valence-corrected chi connectivity index (χ1v) is 9.80. The fourth-order valence-electron chi connectivity index (χ4n) is 3.97. The third-order valence-corrected chi connectivity index (χ3v) is 6.80. The van der Waals surface area contributed by atoms with Crippen LogP contribution in [-0.2, 0) is 0 Å². The SMILES string of the molecule is CC1(CN2CCC(c3nc4cc(Cl)ccc4s3)CC2)CCNC1. The van der Waals surface area contributed by atoms with Crippen molar-refractivity contribution < 1.29 is 0 Å². The van der Waals surface area contributed by atoms with Crippen LogP contribution < -0.4 is 5.32 Å². The van der Waals surface area contributed by atoms with Crippen LogP contribution in [-0.4, -0.2) is 42.6 Å². The Morgan fingerprint density at radius 3 is 2.96 bits per heavy atom. The number of aromatic nitrogens is 1. The zero-order valence-corrected chi connectivity index (χ0v) is 15.2. The summed E-state index contributed by atoms with van der Waals surface area (Å²) >= 11 is 7.93. The quantitative estimate of drug-likeness (QED) is 0.903. The summed E-state index contributed by atoms with van der Waals surface area (Å²) in [4.78, 5) is 7.51. The molecule has 0 saturated carbocycles. The smallest absolute Gasteiger partial charge is 0.0970 e. The first-order chi connectivity index (χ1) is 11.1.